The number of rotatable bonds is 4. The number of amides is 1. The quantitative estimate of drug-likeness (QED) is 0.877. The van der Waals surface area contributed by atoms with Crippen molar-refractivity contribution in [2.45, 2.75) is 37.8 Å². The molecule has 1 aliphatic heterocycles. The van der Waals surface area contributed by atoms with Gasteiger partial charge >= 0.3 is 0 Å². The Balaban J connectivity index is 1.66. The van der Waals surface area contributed by atoms with Crippen LogP contribution in [0.5, 0.6) is 0 Å². The predicted octanol–water partition coefficient (Wildman–Crippen LogP) is 1.49. The Bertz CT molecular complexity index is 464. The number of hydrogen-bond acceptors (Lipinski definition) is 4. The summed E-state index contributed by atoms with van der Waals surface area (Å²) in [7, 11) is 0. The van der Waals surface area contributed by atoms with E-state index in [1.807, 2.05) is 4.68 Å². The number of anilines is 1. The van der Waals surface area contributed by atoms with Gasteiger partial charge in [0.15, 0.2) is 0 Å². The lowest BCUT2D eigenvalue weighted by Gasteiger charge is -2.30. The molecule has 0 atom stereocenters. The number of aliphatic hydroxyl groups is 1. The molecule has 3 rings (SSSR count). The van der Waals surface area contributed by atoms with Crippen LogP contribution >= 0.6 is 11.8 Å². The van der Waals surface area contributed by atoms with Gasteiger partial charge in [-0.15, -0.1) is 0 Å². The highest BCUT2D eigenvalue weighted by Gasteiger charge is 2.37. The molecule has 0 unspecified atom stereocenters. The summed E-state index contributed by atoms with van der Waals surface area (Å²) in [6.45, 7) is 0.858. The van der Waals surface area contributed by atoms with Crippen molar-refractivity contribution < 1.29 is 9.90 Å². The molecular formula is C13H19N3O2S. The summed E-state index contributed by atoms with van der Waals surface area (Å²) in [6, 6.07) is 1.79. The van der Waals surface area contributed by atoms with Gasteiger partial charge < -0.3 is 10.4 Å². The zero-order valence-corrected chi connectivity index (χ0v) is 11.7. The van der Waals surface area contributed by atoms with Gasteiger partial charge in [-0.2, -0.15) is 16.9 Å². The van der Waals surface area contributed by atoms with E-state index in [9.17, 15) is 9.90 Å². The molecule has 0 spiro atoms. The fourth-order valence-corrected chi connectivity index (χ4v) is 3.47. The smallest absolute Gasteiger partial charge is 0.257 e. The molecule has 1 saturated carbocycles. The van der Waals surface area contributed by atoms with Crippen LogP contribution in [0.25, 0.3) is 0 Å². The van der Waals surface area contributed by atoms with Gasteiger partial charge in [0, 0.05) is 12.6 Å². The normalized spacial score (nSPS) is 22.2. The number of thioether (sulfide) groups is 1. The van der Waals surface area contributed by atoms with Gasteiger partial charge in [-0.05, 0) is 43.1 Å². The third-order valence-electron chi connectivity index (χ3n) is 3.83. The molecule has 1 aromatic heterocycles. The lowest BCUT2D eigenvalue weighted by molar-refractivity contribution is -0.134. The average molecular weight is 281 g/mol. The minimum absolute atomic E-state index is 0.287. The maximum Gasteiger partial charge on any atom is 0.257 e. The third-order valence-corrected chi connectivity index (χ3v) is 4.81. The zero-order chi connectivity index (χ0) is 13.3. The fourth-order valence-electron chi connectivity index (χ4n) is 2.30. The van der Waals surface area contributed by atoms with Crippen molar-refractivity contribution in [3.05, 3.63) is 12.3 Å². The highest BCUT2D eigenvalue weighted by atomic mass is 32.2. The van der Waals surface area contributed by atoms with Gasteiger partial charge in [-0.1, -0.05) is 0 Å². The summed E-state index contributed by atoms with van der Waals surface area (Å²) in [5.41, 5.74) is -1.21. The number of aromatic nitrogens is 2. The molecule has 1 amide bonds. The monoisotopic (exact) mass is 281 g/mol. The largest absolute Gasteiger partial charge is 0.380 e. The first-order chi connectivity index (χ1) is 9.17. The van der Waals surface area contributed by atoms with Crippen LogP contribution in [-0.4, -0.2) is 37.9 Å². The van der Waals surface area contributed by atoms with E-state index < -0.39 is 5.60 Å². The molecule has 2 aliphatic rings. The molecule has 1 aliphatic carbocycles. The molecule has 104 valence electrons. The summed E-state index contributed by atoms with van der Waals surface area (Å²) in [5.74, 6) is 2.79. The van der Waals surface area contributed by atoms with Crippen molar-refractivity contribution in [2.75, 3.05) is 16.8 Å². The molecule has 6 heteroatoms. The minimum Gasteiger partial charge on any atom is -0.380 e. The summed E-state index contributed by atoms with van der Waals surface area (Å²) < 4.78 is 1.83. The highest BCUT2D eigenvalue weighted by Crippen LogP contribution is 2.32. The van der Waals surface area contributed by atoms with Gasteiger partial charge in [0.05, 0.1) is 6.20 Å². The van der Waals surface area contributed by atoms with Crippen molar-refractivity contribution in [2.24, 2.45) is 5.92 Å². The molecule has 0 radical (unpaired) electrons. The highest BCUT2D eigenvalue weighted by molar-refractivity contribution is 7.99. The van der Waals surface area contributed by atoms with E-state index in [1.54, 1.807) is 24.0 Å². The summed E-state index contributed by atoms with van der Waals surface area (Å²) in [5, 5.41) is 17.4. The first kappa shape index (κ1) is 13.0. The average Bonchev–Trinajstić information content (AvgIpc) is 3.11. The topological polar surface area (TPSA) is 67.2 Å². The number of carbonyl (C=O) groups excluding carboxylic acids is 1. The van der Waals surface area contributed by atoms with Crippen LogP contribution in [0.4, 0.5) is 5.82 Å². The van der Waals surface area contributed by atoms with Crippen LogP contribution in [-0.2, 0) is 11.3 Å². The lowest BCUT2D eigenvalue weighted by atomic mass is 9.96. The summed E-state index contributed by atoms with van der Waals surface area (Å²) in [6.07, 6.45) is 5.24. The zero-order valence-electron chi connectivity index (χ0n) is 10.8. The Morgan fingerprint density at radius 3 is 2.95 bits per heavy atom. The van der Waals surface area contributed by atoms with E-state index in [2.05, 4.69) is 10.4 Å². The van der Waals surface area contributed by atoms with E-state index in [0.717, 1.165) is 18.1 Å². The van der Waals surface area contributed by atoms with Gasteiger partial charge in [-0.3, -0.25) is 4.79 Å². The Morgan fingerprint density at radius 2 is 2.26 bits per heavy atom. The maximum absolute atomic E-state index is 12.2. The van der Waals surface area contributed by atoms with Crippen molar-refractivity contribution >= 4 is 23.5 Å². The van der Waals surface area contributed by atoms with Crippen LogP contribution in [0, 0.1) is 5.92 Å². The third kappa shape index (κ3) is 2.95. The molecule has 2 N–H and O–H groups in total. The molecule has 1 aromatic rings. The summed E-state index contributed by atoms with van der Waals surface area (Å²) in [4.78, 5) is 12.2. The van der Waals surface area contributed by atoms with Crippen LogP contribution in [0.15, 0.2) is 12.3 Å². The van der Waals surface area contributed by atoms with E-state index in [-0.39, 0.29) is 5.91 Å². The van der Waals surface area contributed by atoms with E-state index >= 15 is 0 Å². The number of nitrogens with zero attached hydrogens (tertiary/aromatic N) is 2. The molecule has 0 bridgehead atoms. The minimum atomic E-state index is -1.21. The van der Waals surface area contributed by atoms with Gasteiger partial charge in [0.1, 0.15) is 11.4 Å². The Labute approximate surface area is 116 Å². The molecule has 1 saturated heterocycles. The van der Waals surface area contributed by atoms with Crippen molar-refractivity contribution in [1.82, 2.24) is 9.78 Å². The number of carbonyl (C=O) groups is 1. The van der Waals surface area contributed by atoms with Crippen molar-refractivity contribution in [3.63, 3.8) is 0 Å². The van der Waals surface area contributed by atoms with E-state index in [4.69, 9.17) is 0 Å². The van der Waals surface area contributed by atoms with Crippen molar-refractivity contribution in [3.8, 4) is 0 Å². The first-order valence-electron chi connectivity index (χ1n) is 6.81. The molecule has 5 nitrogen and oxygen atoms in total. The number of nitrogens with one attached hydrogen (secondary N) is 1. The molecule has 19 heavy (non-hydrogen) atoms. The first-order valence-corrected chi connectivity index (χ1v) is 7.96. The predicted molar refractivity (Wildman–Crippen MR) is 75.1 cm³/mol. The standard InChI is InChI=1S/C13H19N3O2S/c17-12(13(18)4-7-19-8-5-13)15-11-3-6-14-16(11)9-10-1-2-10/h3,6,10,18H,1-2,4-5,7-9H2,(H,15,17). The molecule has 2 fully saturated rings. The van der Waals surface area contributed by atoms with Gasteiger partial charge in [0.2, 0.25) is 0 Å². The van der Waals surface area contributed by atoms with Crippen LogP contribution < -0.4 is 5.32 Å². The van der Waals surface area contributed by atoms with Crippen molar-refractivity contribution in [1.29, 1.82) is 0 Å². The van der Waals surface area contributed by atoms with Crippen LogP contribution in [0.1, 0.15) is 25.7 Å². The fraction of sp³-hybridized carbons (Fsp3) is 0.692. The molecule has 0 aromatic carbocycles. The van der Waals surface area contributed by atoms with Gasteiger partial charge in [0.25, 0.3) is 5.91 Å². The van der Waals surface area contributed by atoms with Crippen LogP contribution in [0.2, 0.25) is 0 Å². The van der Waals surface area contributed by atoms with Crippen LogP contribution in [0.3, 0.4) is 0 Å². The second-order valence-electron chi connectivity index (χ2n) is 5.44. The Hall–Kier alpha value is -1.01. The SMILES string of the molecule is O=C(Nc1ccnn1CC1CC1)C1(O)CCSCC1. The summed E-state index contributed by atoms with van der Waals surface area (Å²) >= 11 is 1.78. The second-order valence-corrected chi connectivity index (χ2v) is 6.66. The van der Waals surface area contributed by atoms with Gasteiger partial charge in [-0.25, -0.2) is 4.68 Å². The van der Waals surface area contributed by atoms with E-state index in [1.165, 1.54) is 12.8 Å². The second kappa shape index (κ2) is 5.17. The number of hydrogen-bond donors (Lipinski definition) is 2. The Morgan fingerprint density at radius 1 is 1.53 bits per heavy atom. The lowest BCUT2D eigenvalue weighted by Crippen LogP contribution is -2.46. The Kier molecular flexibility index (Phi) is 3.54. The molecular weight excluding hydrogens is 262 g/mol. The molecule has 2 heterocycles. The maximum atomic E-state index is 12.2. The van der Waals surface area contributed by atoms with E-state index in [0.29, 0.717) is 24.6 Å².